The van der Waals surface area contributed by atoms with E-state index in [0.29, 0.717) is 18.4 Å². The lowest BCUT2D eigenvalue weighted by Crippen LogP contribution is -2.27. The predicted molar refractivity (Wildman–Crippen MR) is 151 cm³/mol. The molecule has 204 valence electrons. The van der Waals surface area contributed by atoms with E-state index in [1.54, 1.807) is 0 Å². The van der Waals surface area contributed by atoms with Crippen LogP contribution in [-0.4, -0.2) is 24.5 Å². The van der Waals surface area contributed by atoms with Crippen LogP contribution in [0.15, 0.2) is 67.4 Å². The van der Waals surface area contributed by atoms with Crippen molar-refractivity contribution in [3.05, 3.63) is 89.9 Å². The summed E-state index contributed by atoms with van der Waals surface area (Å²) in [7, 11) is 0. The molecule has 0 saturated carbocycles. The summed E-state index contributed by atoms with van der Waals surface area (Å²) in [6.07, 6.45) is 7.22. The first kappa shape index (κ1) is 30.5. The Labute approximate surface area is 222 Å². The van der Waals surface area contributed by atoms with Crippen molar-refractivity contribution < 1.29 is 13.2 Å². The molecular weight excluding hydrogens is 469 g/mol. The Kier molecular flexibility index (Phi) is 12.3. The van der Waals surface area contributed by atoms with Crippen LogP contribution in [0.2, 0.25) is 0 Å². The van der Waals surface area contributed by atoms with Crippen molar-refractivity contribution in [1.82, 2.24) is 10.2 Å². The number of hydrogen-bond acceptors (Lipinski definition) is 2. The lowest BCUT2D eigenvalue weighted by molar-refractivity contribution is 0.0174. The SMILES string of the molecule is C=C(NCC(=C)N1CCC(CCCC(CCC)c2ccccc2)C1)c1cc(C(C)(F)F)ccc1F.CC. The molecule has 1 fully saturated rings. The third kappa shape index (κ3) is 9.28. The van der Waals surface area contributed by atoms with Crippen LogP contribution in [0.1, 0.15) is 88.8 Å². The Morgan fingerprint density at radius 1 is 1.11 bits per heavy atom. The van der Waals surface area contributed by atoms with E-state index < -0.39 is 11.7 Å². The summed E-state index contributed by atoms with van der Waals surface area (Å²) in [5.74, 6) is -2.32. The molecule has 1 saturated heterocycles. The maximum atomic E-state index is 14.2. The molecule has 0 amide bonds. The van der Waals surface area contributed by atoms with Crippen LogP contribution in [0.3, 0.4) is 0 Å². The molecule has 3 rings (SSSR count). The Bertz CT molecular complexity index is 981. The van der Waals surface area contributed by atoms with Gasteiger partial charge in [0.1, 0.15) is 5.82 Å². The van der Waals surface area contributed by atoms with Gasteiger partial charge in [-0.2, -0.15) is 0 Å². The largest absolute Gasteiger partial charge is 0.379 e. The first-order valence-corrected chi connectivity index (χ1v) is 13.8. The monoisotopic (exact) mass is 514 g/mol. The fraction of sp³-hybridized carbons (Fsp3) is 0.500. The minimum atomic E-state index is -3.03. The van der Waals surface area contributed by atoms with Crippen molar-refractivity contribution in [3.63, 3.8) is 0 Å². The molecule has 1 aliphatic rings. The zero-order valence-corrected chi connectivity index (χ0v) is 23.1. The van der Waals surface area contributed by atoms with E-state index >= 15 is 0 Å². The van der Waals surface area contributed by atoms with Gasteiger partial charge >= 0.3 is 0 Å². The molecule has 2 aromatic carbocycles. The summed E-state index contributed by atoms with van der Waals surface area (Å²) in [6.45, 7) is 17.5. The molecule has 1 aliphatic heterocycles. The van der Waals surface area contributed by atoms with Gasteiger partial charge in [0.25, 0.3) is 5.92 Å². The van der Waals surface area contributed by atoms with Gasteiger partial charge in [-0.05, 0) is 55.2 Å². The highest BCUT2D eigenvalue weighted by Gasteiger charge is 2.26. The van der Waals surface area contributed by atoms with Crippen molar-refractivity contribution in [1.29, 1.82) is 0 Å². The van der Waals surface area contributed by atoms with E-state index in [2.05, 4.69) is 60.6 Å². The predicted octanol–water partition coefficient (Wildman–Crippen LogP) is 9.11. The van der Waals surface area contributed by atoms with E-state index in [1.807, 2.05) is 13.8 Å². The lowest BCUT2D eigenvalue weighted by atomic mass is 9.88. The van der Waals surface area contributed by atoms with E-state index in [9.17, 15) is 13.2 Å². The van der Waals surface area contributed by atoms with Gasteiger partial charge < -0.3 is 10.2 Å². The first-order valence-electron chi connectivity index (χ1n) is 13.8. The van der Waals surface area contributed by atoms with Crippen LogP contribution in [-0.2, 0) is 5.92 Å². The summed E-state index contributed by atoms with van der Waals surface area (Å²) in [4.78, 5) is 2.28. The van der Waals surface area contributed by atoms with Crippen molar-refractivity contribution in [3.8, 4) is 0 Å². The minimum Gasteiger partial charge on any atom is -0.379 e. The minimum absolute atomic E-state index is 0.0659. The van der Waals surface area contributed by atoms with E-state index in [4.69, 9.17) is 0 Å². The maximum Gasteiger partial charge on any atom is 0.270 e. The van der Waals surface area contributed by atoms with Gasteiger partial charge in [-0.15, -0.1) is 0 Å². The highest BCUT2D eigenvalue weighted by Crippen LogP contribution is 2.31. The van der Waals surface area contributed by atoms with E-state index in [-0.39, 0.29) is 16.8 Å². The molecule has 0 aliphatic carbocycles. The van der Waals surface area contributed by atoms with Crippen LogP contribution in [0.25, 0.3) is 5.70 Å². The quantitative estimate of drug-likeness (QED) is 0.287. The fourth-order valence-electron chi connectivity index (χ4n) is 5.01. The van der Waals surface area contributed by atoms with Gasteiger partial charge in [0.2, 0.25) is 0 Å². The maximum absolute atomic E-state index is 14.2. The van der Waals surface area contributed by atoms with Crippen molar-refractivity contribution in [2.45, 2.75) is 78.1 Å². The second-order valence-electron chi connectivity index (χ2n) is 9.91. The number of nitrogens with zero attached hydrogens (tertiary/aromatic N) is 1. The summed E-state index contributed by atoms with van der Waals surface area (Å²) in [5.41, 5.74) is 2.49. The van der Waals surface area contributed by atoms with Crippen LogP contribution >= 0.6 is 0 Å². The lowest BCUT2D eigenvalue weighted by Gasteiger charge is -2.23. The molecule has 2 unspecified atom stereocenters. The third-order valence-electron chi connectivity index (χ3n) is 7.11. The molecule has 2 atom stereocenters. The standard InChI is InChI=1S/C30H39F3N2.C2H6/c1-5-10-25(26-12-7-6-8-13-26)14-9-11-24-17-18-35(21-24)22(2)20-34-23(3)28-19-27(30(4,32)33)15-16-29(28)31;1-2/h6-8,12-13,15-16,19,24-25,34H,2-3,5,9-11,14,17-18,20-21H2,1,4H3;1-2H3. The van der Waals surface area contributed by atoms with Crippen LogP contribution in [0.5, 0.6) is 0 Å². The third-order valence-corrected chi connectivity index (χ3v) is 7.11. The average Bonchev–Trinajstić information content (AvgIpc) is 3.37. The molecule has 0 spiro atoms. The molecule has 0 bridgehead atoms. The summed E-state index contributed by atoms with van der Waals surface area (Å²) < 4.78 is 41.5. The zero-order chi connectivity index (χ0) is 27.4. The normalized spacial score (nSPS) is 16.1. The second-order valence-corrected chi connectivity index (χ2v) is 9.91. The molecule has 2 aromatic rings. The number of benzene rings is 2. The first-order chi connectivity index (χ1) is 17.7. The summed E-state index contributed by atoms with van der Waals surface area (Å²) in [5, 5.41) is 3.08. The van der Waals surface area contributed by atoms with Crippen molar-refractivity contribution >= 4 is 5.70 Å². The number of hydrogen-bond donors (Lipinski definition) is 1. The topological polar surface area (TPSA) is 15.3 Å². The van der Waals surface area contributed by atoms with Gasteiger partial charge in [-0.1, -0.05) is 83.2 Å². The van der Waals surface area contributed by atoms with Gasteiger partial charge in [0.15, 0.2) is 0 Å². The summed E-state index contributed by atoms with van der Waals surface area (Å²) >= 11 is 0. The second kappa shape index (κ2) is 14.9. The number of alkyl halides is 2. The Balaban J connectivity index is 0.00000235. The molecule has 1 N–H and O–H groups in total. The molecule has 5 heteroatoms. The van der Waals surface area contributed by atoms with Crippen LogP contribution in [0.4, 0.5) is 13.2 Å². The Morgan fingerprint density at radius 3 is 2.46 bits per heavy atom. The Morgan fingerprint density at radius 2 is 1.81 bits per heavy atom. The van der Waals surface area contributed by atoms with Crippen molar-refractivity contribution in [2.24, 2.45) is 5.92 Å². The molecule has 0 aromatic heterocycles. The Hall–Kier alpha value is -2.69. The zero-order valence-electron chi connectivity index (χ0n) is 23.1. The van der Waals surface area contributed by atoms with Gasteiger partial charge in [0, 0.05) is 42.5 Å². The summed E-state index contributed by atoms with van der Waals surface area (Å²) in [6, 6.07) is 14.2. The molecule has 0 radical (unpaired) electrons. The van der Waals surface area contributed by atoms with Gasteiger partial charge in [-0.3, -0.25) is 0 Å². The molecule has 2 nitrogen and oxygen atoms in total. The molecular formula is C32H45F3N2. The van der Waals surface area contributed by atoms with E-state index in [0.717, 1.165) is 44.3 Å². The van der Waals surface area contributed by atoms with Crippen molar-refractivity contribution in [2.75, 3.05) is 19.6 Å². The van der Waals surface area contributed by atoms with Gasteiger partial charge in [0.05, 0.1) is 6.54 Å². The number of halogens is 3. The van der Waals surface area contributed by atoms with Crippen LogP contribution < -0.4 is 5.32 Å². The van der Waals surface area contributed by atoms with E-state index in [1.165, 1.54) is 43.7 Å². The fourth-order valence-corrected chi connectivity index (χ4v) is 5.01. The van der Waals surface area contributed by atoms with Crippen LogP contribution in [0, 0.1) is 11.7 Å². The average molecular weight is 515 g/mol. The van der Waals surface area contributed by atoms with Gasteiger partial charge in [-0.25, -0.2) is 13.2 Å². The smallest absolute Gasteiger partial charge is 0.270 e. The molecule has 37 heavy (non-hydrogen) atoms. The number of nitrogens with one attached hydrogen (secondary N) is 1. The number of rotatable bonds is 13. The molecule has 1 heterocycles. The number of likely N-dealkylation sites (tertiary alicyclic amines) is 1. The highest BCUT2D eigenvalue weighted by molar-refractivity contribution is 5.63. The highest BCUT2D eigenvalue weighted by atomic mass is 19.3.